The molecule has 3 nitrogen and oxygen atoms in total. The number of sulfonamides is 1. The van der Waals surface area contributed by atoms with Gasteiger partial charge in [0.25, 0.3) is 0 Å². The highest BCUT2D eigenvalue weighted by Crippen LogP contribution is 2.28. The molecule has 0 N–H and O–H groups in total. The van der Waals surface area contributed by atoms with E-state index in [1.807, 2.05) is 12.1 Å². The minimum Gasteiger partial charge on any atom is -0.207 e. The monoisotopic (exact) mass is 333 g/mol. The van der Waals surface area contributed by atoms with Gasteiger partial charge in [-0.25, -0.2) is 12.7 Å². The fourth-order valence-electron chi connectivity index (χ4n) is 1.92. The molecule has 18 heavy (non-hydrogen) atoms. The highest BCUT2D eigenvalue weighted by atomic mass is 79.9. The summed E-state index contributed by atoms with van der Waals surface area (Å²) in [7, 11) is -0.244. The summed E-state index contributed by atoms with van der Waals surface area (Å²) in [6.07, 6.45) is 1.02. The quantitative estimate of drug-likeness (QED) is 0.776. The zero-order valence-electron chi connectivity index (χ0n) is 11.2. The highest BCUT2D eigenvalue weighted by Gasteiger charge is 2.19. The molecule has 0 saturated heterocycles. The van der Waals surface area contributed by atoms with Crippen molar-refractivity contribution in [3.05, 3.63) is 29.8 Å². The summed E-state index contributed by atoms with van der Waals surface area (Å²) in [6.45, 7) is 4.24. The summed E-state index contributed by atoms with van der Waals surface area (Å²) in [5, 5.41) is 0. The van der Waals surface area contributed by atoms with Gasteiger partial charge in [-0.05, 0) is 30.0 Å². The van der Waals surface area contributed by atoms with Gasteiger partial charge in [0.2, 0.25) is 10.0 Å². The van der Waals surface area contributed by atoms with Gasteiger partial charge >= 0.3 is 0 Å². The third-order valence-electron chi connectivity index (χ3n) is 3.08. The van der Waals surface area contributed by atoms with Gasteiger partial charge < -0.3 is 0 Å². The number of hydrogen-bond acceptors (Lipinski definition) is 2. The maximum Gasteiger partial charge on any atom is 0.242 e. The van der Waals surface area contributed by atoms with E-state index in [9.17, 15) is 8.42 Å². The van der Waals surface area contributed by atoms with Gasteiger partial charge in [0.15, 0.2) is 0 Å². The molecular weight excluding hydrogens is 314 g/mol. The van der Waals surface area contributed by atoms with Crippen molar-refractivity contribution in [3.8, 4) is 0 Å². The molecule has 0 heterocycles. The first-order chi connectivity index (χ1) is 8.30. The molecule has 102 valence electrons. The van der Waals surface area contributed by atoms with E-state index >= 15 is 0 Å². The van der Waals surface area contributed by atoms with Crippen molar-refractivity contribution >= 4 is 26.0 Å². The Hall–Kier alpha value is -0.390. The summed E-state index contributed by atoms with van der Waals surface area (Å²) in [5.41, 5.74) is 1.17. The number of hydrogen-bond donors (Lipinski definition) is 0. The first-order valence-electron chi connectivity index (χ1n) is 5.97. The Balaban J connectivity index is 3.07. The van der Waals surface area contributed by atoms with Crippen molar-refractivity contribution < 1.29 is 8.42 Å². The second kappa shape index (κ2) is 6.17. The zero-order valence-corrected chi connectivity index (χ0v) is 13.6. The average molecular weight is 334 g/mol. The molecule has 2 atom stereocenters. The van der Waals surface area contributed by atoms with Crippen molar-refractivity contribution in [3.63, 3.8) is 0 Å². The maximum atomic E-state index is 11.9. The standard InChI is InChI=1S/C13H20BrNO2S/c1-5-13(10(2)14)11-6-8-12(9-7-11)18(16,17)15(3)4/h6-10,13H,5H2,1-4H3. The average Bonchev–Trinajstić information content (AvgIpc) is 2.30. The van der Waals surface area contributed by atoms with Crippen LogP contribution in [0.25, 0.3) is 0 Å². The van der Waals surface area contributed by atoms with Gasteiger partial charge in [-0.15, -0.1) is 0 Å². The SMILES string of the molecule is CCC(c1ccc(S(=O)(=O)N(C)C)cc1)C(C)Br. The fourth-order valence-corrected chi connectivity index (χ4v) is 3.50. The molecule has 0 aromatic heterocycles. The Morgan fingerprint density at radius 3 is 2.06 bits per heavy atom. The van der Waals surface area contributed by atoms with Gasteiger partial charge in [-0.3, -0.25) is 0 Å². The normalized spacial score (nSPS) is 15.7. The molecular formula is C13H20BrNO2S. The summed E-state index contributed by atoms with van der Waals surface area (Å²) < 4.78 is 25.1. The molecule has 2 unspecified atom stereocenters. The van der Waals surface area contributed by atoms with E-state index in [1.165, 1.54) is 9.87 Å². The highest BCUT2D eigenvalue weighted by molar-refractivity contribution is 9.09. The maximum absolute atomic E-state index is 11.9. The van der Waals surface area contributed by atoms with Crippen LogP contribution >= 0.6 is 15.9 Å². The zero-order chi connectivity index (χ0) is 13.9. The van der Waals surface area contributed by atoms with E-state index < -0.39 is 10.0 Å². The topological polar surface area (TPSA) is 37.4 Å². The molecule has 0 bridgehead atoms. The number of alkyl halides is 1. The van der Waals surface area contributed by atoms with Crippen LogP contribution in [0.1, 0.15) is 31.7 Å². The molecule has 1 aromatic carbocycles. The first kappa shape index (κ1) is 15.7. The van der Waals surface area contributed by atoms with Crippen LogP contribution in [0, 0.1) is 0 Å². The van der Waals surface area contributed by atoms with E-state index in [-0.39, 0.29) is 0 Å². The van der Waals surface area contributed by atoms with Crippen LogP contribution in [0.2, 0.25) is 0 Å². The Bertz CT molecular complexity index is 480. The minimum absolute atomic E-state index is 0.341. The molecule has 0 aliphatic carbocycles. The molecule has 0 spiro atoms. The van der Waals surface area contributed by atoms with Crippen LogP contribution in [-0.2, 0) is 10.0 Å². The number of nitrogens with zero attached hydrogens (tertiary/aromatic N) is 1. The van der Waals surface area contributed by atoms with Crippen molar-refractivity contribution in [1.82, 2.24) is 4.31 Å². The third-order valence-corrected chi connectivity index (χ3v) is 5.55. The largest absolute Gasteiger partial charge is 0.242 e. The molecule has 0 aliphatic heterocycles. The predicted octanol–water partition coefficient (Wildman–Crippen LogP) is 3.21. The molecule has 0 amide bonds. The molecule has 0 aliphatic rings. The number of halogens is 1. The summed E-state index contributed by atoms with van der Waals surface area (Å²) in [4.78, 5) is 0.715. The van der Waals surface area contributed by atoms with E-state index in [1.54, 1.807) is 26.2 Å². The first-order valence-corrected chi connectivity index (χ1v) is 8.32. The summed E-state index contributed by atoms with van der Waals surface area (Å²) in [6, 6.07) is 7.18. The molecule has 5 heteroatoms. The summed E-state index contributed by atoms with van der Waals surface area (Å²) in [5.74, 6) is 0.404. The second-order valence-corrected chi connectivity index (χ2v) is 8.14. The van der Waals surface area contributed by atoms with Crippen LogP contribution in [0.15, 0.2) is 29.2 Å². The lowest BCUT2D eigenvalue weighted by Crippen LogP contribution is -2.22. The lowest BCUT2D eigenvalue weighted by molar-refractivity contribution is 0.520. The van der Waals surface area contributed by atoms with Gasteiger partial charge in [0, 0.05) is 18.9 Å². The van der Waals surface area contributed by atoms with Crippen molar-refractivity contribution in [2.24, 2.45) is 0 Å². The molecule has 1 rings (SSSR count). The molecule has 0 radical (unpaired) electrons. The summed E-state index contributed by atoms with van der Waals surface area (Å²) >= 11 is 3.59. The van der Waals surface area contributed by atoms with Gasteiger partial charge in [-0.1, -0.05) is 41.9 Å². The molecule has 0 saturated carbocycles. The third kappa shape index (κ3) is 3.33. The minimum atomic E-state index is -3.32. The Morgan fingerprint density at radius 2 is 1.72 bits per heavy atom. The fraction of sp³-hybridized carbons (Fsp3) is 0.538. The molecule has 1 aromatic rings. The van der Waals surface area contributed by atoms with E-state index in [0.29, 0.717) is 15.6 Å². The van der Waals surface area contributed by atoms with Crippen molar-refractivity contribution in [1.29, 1.82) is 0 Å². The predicted molar refractivity (Wildman–Crippen MR) is 78.7 cm³/mol. The van der Waals surface area contributed by atoms with Crippen LogP contribution in [-0.4, -0.2) is 31.6 Å². The van der Waals surface area contributed by atoms with E-state index in [0.717, 1.165) is 6.42 Å². The van der Waals surface area contributed by atoms with Crippen LogP contribution in [0.3, 0.4) is 0 Å². The smallest absolute Gasteiger partial charge is 0.207 e. The Kier molecular flexibility index (Phi) is 5.37. The number of rotatable bonds is 5. The van der Waals surface area contributed by atoms with Crippen molar-refractivity contribution in [2.45, 2.75) is 35.9 Å². The van der Waals surface area contributed by atoms with Crippen LogP contribution in [0.5, 0.6) is 0 Å². The Morgan fingerprint density at radius 1 is 1.22 bits per heavy atom. The Labute approximate surface area is 118 Å². The van der Waals surface area contributed by atoms with Crippen LogP contribution in [0.4, 0.5) is 0 Å². The second-order valence-electron chi connectivity index (χ2n) is 4.55. The lowest BCUT2D eigenvalue weighted by atomic mass is 9.94. The van der Waals surface area contributed by atoms with Crippen molar-refractivity contribution in [2.75, 3.05) is 14.1 Å². The van der Waals surface area contributed by atoms with Crippen LogP contribution < -0.4 is 0 Å². The lowest BCUT2D eigenvalue weighted by Gasteiger charge is -2.19. The van der Waals surface area contributed by atoms with E-state index in [4.69, 9.17) is 0 Å². The van der Waals surface area contributed by atoms with Gasteiger partial charge in [-0.2, -0.15) is 0 Å². The van der Waals surface area contributed by atoms with E-state index in [2.05, 4.69) is 29.8 Å². The number of benzene rings is 1. The van der Waals surface area contributed by atoms with Gasteiger partial charge in [0.1, 0.15) is 0 Å². The molecule has 0 fully saturated rings. The van der Waals surface area contributed by atoms with Gasteiger partial charge in [0.05, 0.1) is 4.90 Å².